The first-order valence-electron chi connectivity index (χ1n) is 11.9. The first-order valence-corrected chi connectivity index (χ1v) is 13.3. The summed E-state index contributed by atoms with van der Waals surface area (Å²) in [5.74, 6) is 4.63. The van der Waals surface area contributed by atoms with Crippen LogP contribution in [-0.4, -0.2) is 63.0 Å². The second-order valence-corrected chi connectivity index (χ2v) is 10.6. The van der Waals surface area contributed by atoms with Crippen molar-refractivity contribution in [2.75, 3.05) is 63.0 Å². The average Bonchev–Trinajstić information content (AvgIpc) is 3.51. The summed E-state index contributed by atoms with van der Waals surface area (Å²) in [5, 5.41) is 0. The Bertz CT molecular complexity index is 991. The zero-order chi connectivity index (χ0) is 21.5. The van der Waals surface area contributed by atoms with Crippen LogP contribution in [0.1, 0.15) is 30.4 Å². The molecule has 1 unspecified atom stereocenters. The molecule has 1 fully saturated rings. The molecule has 32 heavy (non-hydrogen) atoms. The molecule has 0 amide bonds. The highest BCUT2D eigenvalue weighted by Crippen LogP contribution is 2.54. The van der Waals surface area contributed by atoms with Gasteiger partial charge in [-0.25, -0.2) is 0 Å². The van der Waals surface area contributed by atoms with E-state index in [1.165, 1.54) is 61.5 Å². The van der Waals surface area contributed by atoms with Crippen molar-refractivity contribution in [2.45, 2.75) is 24.7 Å². The Kier molecular flexibility index (Phi) is 5.38. The van der Waals surface area contributed by atoms with Gasteiger partial charge in [-0.15, -0.1) is 0 Å². The predicted octanol–water partition coefficient (Wildman–Crippen LogP) is 4.38. The Morgan fingerprint density at radius 1 is 1.00 bits per heavy atom. The normalized spacial score (nSPS) is 24.1. The van der Waals surface area contributed by atoms with Crippen LogP contribution in [-0.2, 0) is 5.41 Å². The third-order valence-corrected chi connectivity index (χ3v) is 8.39. The van der Waals surface area contributed by atoms with E-state index in [2.05, 4.69) is 46.4 Å². The Labute approximate surface area is 195 Å². The molecule has 6 heteroatoms. The molecule has 4 heterocycles. The largest absolute Gasteiger partial charge is 0.492 e. The first kappa shape index (κ1) is 20.5. The molecule has 1 saturated heterocycles. The van der Waals surface area contributed by atoms with Crippen molar-refractivity contribution >= 4 is 17.4 Å². The minimum Gasteiger partial charge on any atom is -0.492 e. The molecule has 0 N–H and O–H groups in total. The van der Waals surface area contributed by atoms with Crippen molar-refractivity contribution in [3.63, 3.8) is 0 Å². The minimum atomic E-state index is -0.120. The van der Waals surface area contributed by atoms with Gasteiger partial charge in [0.25, 0.3) is 0 Å². The predicted molar refractivity (Wildman–Crippen MR) is 130 cm³/mol. The summed E-state index contributed by atoms with van der Waals surface area (Å²) in [6.07, 6.45) is 6.12. The zero-order valence-corrected chi connectivity index (χ0v) is 19.7. The third-order valence-electron chi connectivity index (χ3n) is 7.69. The molecular weight excluding hydrogens is 420 g/mol. The van der Waals surface area contributed by atoms with Gasteiger partial charge in [0.2, 0.25) is 6.79 Å². The van der Waals surface area contributed by atoms with E-state index in [-0.39, 0.29) is 5.41 Å². The van der Waals surface area contributed by atoms with E-state index in [4.69, 9.17) is 14.2 Å². The molecule has 0 bridgehead atoms. The number of thioether (sulfide) groups is 1. The zero-order valence-electron chi connectivity index (χ0n) is 18.8. The Morgan fingerprint density at radius 2 is 1.81 bits per heavy atom. The van der Waals surface area contributed by atoms with Gasteiger partial charge in [-0.1, -0.05) is 18.2 Å². The summed E-state index contributed by atoms with van der Waals surface area (Å²) in [5.41, 5.74) is 3.90. The number of likely N-dealkylation sites (tertiary alicyclic amines) is 1. The van der Waals surface area contributed by atoms with E-state index in [0.717, 1.165) is 36.3 Å². The smallest absolute Gasteiger partial charge is 0.231 e. The van der Waals surface area contributed by atoms with Crippen molar-refractivity contribution in [1.82, 2.24) is 4.90 Å². The van der Waals surface area contributed by atoms with Gasteiger partial charge in [-0.2, -0.15) is 11.8 Å². The van der Waals surface area contributed by atoms with Gasteiger partial charge in [0.15, 0.2) is 11.5 Å². The van der Waals surface area contributed by atoms with E-state index >= 15 is 0 Å². The van der Waals surface area contributed by atoms with E-state index < -0.39 is 0 Å². The van der Waals surface area contributed by atoms with Gasteiger partial charge in [-0.3, -0.25) is 0 Å². The summed E-state index contributed by atoms with van der Waals surface area (Å²) in [7, 11) is 0. The number of anilines is 1. The van der Waals surface area contributed by atoms with Crippen LogP contribution >= 0.6 is 11.8 Å². The fourth-order valence-electron chi connectivity index (χ4n) is 6.00. The SMILES string of the molecule is CSCCCN1CCC(CN2CC3(COc4cc5c(cc43)OCO5)c3ccccc32)CC1. The van der Waals surface area contributed by atoms with Crippen LogP contribution in [0.4, 0.5) is 5.69 Å². The summed E-state index contributed by atoms with van der Waals surface area (Å²) in [6, 6.07) is 13.1. The Morgan fingerprint density at radius 3 is 2.66 bits per heavy atom. The van der Waals surface area contributed by atoms with Crippen LogP contribution in [0.2, 0.25) is 0 Å². The second kappa shape index (κ2) is 8.38. The molecule has 4 aliphatic heterocycles. The van der Waals surface area contributed by atoms with Gasteiger partial charge < -0.3 is 24.0 Å². The van der Waals surface area contributed by atoms with E-state index in [9.17, 15) is 0 Å². The highest BCUT2D eigenvalue weighted by atomic mass is 32.2. The second-order valence-electron chi connectivity index (χ2n) is 9.60. The highest BCUT2D eigenvalue weighted by molar-refractivity contribution is 7.98. The maximum atomic E-state index is 6.25. The van der Waals surface area contributed by atoms with Crippen LogP contribution < -0.4 is 19.1 Å². The molecule has 4 aliphatic rings. The lowest BCUT2D eigenvalue weighted by molar-refractivity contribution is 0.173. The first-order chi connectivity index (χ1) is 15.8. The molecule has 0 radical (unpaired) electrons. The summed E-state index contributed by atoms with van der Waals surface area (Å²) >= 11 is 1.96. The summed E-state index contributed by atoms with van der Waals surface area (Å²) in [4.78, 5) is 5.29. The number of hydrogen-bond donors (Lipinski definition) is 0. The van der Waals surface area contributed by atoms with Crippen molar-refractivity contribution in [2.24, 2.45) is 5.92 Å². The number of nitrogens with zero attached hydrogens (tertiary/aromatic N) is 2. The van der Waals surface area contributed by atoms with Crippen molar-refractivity contribution in [1.29, 1.82) is 0 Å². The topological polar surface area (TPSA) is 34.2 Å². The molecule has 6 rings (SSSR count). The maximum Gasteiger partial charge on any atom is 0.231 e. The molecule has 0 aromatic heterocycles. The van der Waals surface area contributed by atoms with E-state index in [1.54, 1.807) is 0 Å². The van der Waals surface area contributed by atoms with Crippen LogP contribution in [0, 0.1) is 5.92 Å². The summed E-state index contributed by atoms with van der Waals surface area (Å²) < 4.78 is 17.5. The average molecular weight is 453 g/mol. The molecule has 170 valence electrons. The number of rotatable bonds is 6. The number of fused-ring (bicyclic) bond motifs is 5. The van der Waals surface area contributed by atoms with Crippen LogP contribution in [0.15, 0.2) is 36.4 Å². The van der Waals surface area contributed by atoms with Gasteiger partial charge in [-0.05, 0) is 74.5 Å². The number of hydrogen-bond acceptors (Lipinski definition) is 6. The lowest BCUT2D eigenvalue weighted by Gasteiger charge is -2.35. The maximum absolute atomic E-state index is 6.25. The lowest BCUT2D eigenvalue weighted by Crippen LogP contribution is -2.41. The van der Waals surface area contributed by atoms with Crippen LogP contribution in [0.3, 0.4) is 0 Å². The Hall–Kier alpha value is -2.05. The number of para-hydroxylation sites is 1. The van der Waals surface area contributed by atoms with E-state index in [0.29, 0.717) is 13.4 Å². The minimum absolute atomic E-state index is 0.120. The van der Waals surface area contributed by atoms with Crippen molar-refractivity contribution in [3.8, 4) is 17.2 Å². The number of ether oxygens (including phenoxy) is 3. The standard InChI is InChI=1S/C26H32N2O3S/c1-32-12-4-9-27-10-7-19(8-11-27)15-28-16-26(20-5-2-3-6-22(20)28)17-29-23-14-25-24(13-21(23)26)30-18-31-25/h2-3,5-6,13-14,19H,4,7-12,15-18H2,1H3. The monoisotopic (exact) mass is 452 g/mol. The van der Waals surface area contributed by atoms with Crippen molar-refractivity contribution < 1.29 is 14.2 Å². The molecule has 2 aromatic carbocycles. The van der Waals surface area contributed by atoms with E-state index in [1.807, 2.05) is 17.8 Å². The fourth-order valence-corrected chi connectivity index (χ4v) is 6.42. The lowest BCUT2D eigenvalue weighted by atomic mass is 9.77. The van der Waals surface area contributed by atoms with Crippen LogP contribution in [0.25, 0.3) is 0 Å². The quantitative estimate of drug-likeness (QED) is 0.605. The molecule has 0 aliphatic carbocycles. The molecular formula is C26H32N2O3S. The summed E-state index contributed by atoms with van der Waals surface area (Å²) in [6.45, 7) is 6.85. The van der Waals surface area contributed by atoms with Crippen molar-refractivity contribution in [3.05, 3.63) is 47.5 Å². The number of benzene rings is 2. The molecule has 2 aromatic rings. The molecule has 5 nitrogen and oxygen atoms in total. The fraction of sp³-hybridized carbons (Fsp3) is 0.538. The third kappa shape index (κ3) is 3.43. The van der Waals surface area contributed by atoms with Crippen LogP contribution in [0.5, 0.6) is 17.2 Å². The molecule has 0 saturated carbocycles. The Balaban J connectivity index is 1.21. The van der Waals surface area contributed by atoms with Gasteiger partial charge >= 0.3 is 0 Å². The van der Waals surface area contributed by atoms with Gasteiger partial charge in [0.1, 0.15) is 12.4 Å². The number of piperidine rings is 1. The molecule has 1 atom stereocenters. The molecule has 1 spiro atoms. The highest BCUT2D eigenvalue weighted by Gasteiger charge is 2.50. The van der Waals surface area contributed by atoms with Gasteiger partial charge in [0.05, 0.1) is 5.41 Å². The van der Waals surface area contributed by atoms with Gasteiger partial charge in [0, 0.05) is 30.4 Å².